The number of carbonyl (C=O) groups is 1. The number of rotatable bonds is 7. The van der Waals surface area contributed by atoms with Gasteiger partial charge in [0.15, 0.2) is 5.58 Å². The zero-order chi connectivity index (χ0) is 17.6. The number of hydrogen-bond acceptors (Lipinski definition) is 5. The van der Waals surface area contributed by atoms with Gasteiger partial charge in [-0.05, 0) is 42.8 Å². The second-order valence-electron chi connectivity index (χ2n) is 5.37. The highest BCUT2D eigenvalue weighted by Gasteiger charge is 2.09. The molecule has 7 nitrogen and oxygen atoms in total. The first-order chi connectivity index (χ1) is 12.2. The number of H-pyrrole nitrogens is 1. The van der Waals surface area contributed by atoms with Crippen LogP contribution in [0.3, 0.4) is 0 Å². The second kappa shape index (κ2) is 7.57. The number of oxazole rings is 1. The van der Waals surface area contributed by atoms with E-state index in [1.807, 2.05) is 24.3 Å². The van der Waals surface area contributed by atoms with E-state index >= 15 is 0 Å². The molecule has 1 amide bonds. The molecule has 1 aromatic heterocycles. The summed E-state index contributed by atoms with van der Waals surface area (Å²) in [6, 6.07) is 12.3. The summed E-state index contributed by atoms with van der Waals surface area (Å²) in [6.07, 6.45) is 0.865. The van der Waals surface area contributed by atoms with Crippen LogP contribution >= 0.6 is 0 Å². The highest BCUT2D eigenvalue weighted by Crippen LogP contribution is 2.20. The molecule has 0 aliphatic carbocycles. The Morgan fingerprint density at radius 1 is 1.16 bits per heavy atom. The van der Waals surface area contributed by atoms with E-state index in [-0.39, 0.29) is 5.91 Å². The van der Waals surface area contributed by atoms with Gasteiger partial charge in [-0.25, -0.2) is 4.79 Å². The highest BCUT2D eigenvalue weighted by molar-refractivity contribution is 5.98. The van der Waals surface area contributed by atoms with E-state index in [0.717, 1.165) is 11.5 Å². The van der Waals surface area contributed by atoms with Crippen molar-refractivity contribution < 1.29 is 18.7 Å². The van der Waals surface area contributed by atoms with E-state index in [4.69, 9.17) is 13.9 Å². The van der Waals surface area contributed by atoms with E-state index in [1.165, 1.54) is 0 Å². The molecule has 3 aromatic rings. The van der Waals surface area contributed by atoms with Crippen molar-refractivity contribution in [1.29, 1.82) is 0 Å². The average Bonchev–Trinajstić information content (AvgIpc) is 3.00. The van der Waals surface area contributed by atoms with Gasteiger partial charge in [0, 0.05) is 6.42 Å². The standard InChI is InChI=1S/C18H18N2O5/c1-23-12-7-9-13(10-8-12)24-11-3-6-16(21)19-14-4-2-5-15-17(14)20-18(22)25-15/h2,4-5,7-10H,3,6,11H2,1H3,(H,19,21)(H,20,22). The molecule has 0 unspecified atom stereocenters. The molecule has 1 heterocycles. The summed E-state index contributed by atoms with van der Waals surface area (Å²) >= 11 is 0. The molecular weight excluding hydrogens is 324 g/mol. The molecule has 0 aliphatic rings. The van der Waals surface area contributed by atoms with Crippen LogP contribution in [0.5, 0.6) is 11.5 Å². The number of anilines is 1. The van der Waals surface area contributed by atoms with Gasteiger partial charge >= 0.3 is 5.76 Å². The van der Waals surface area contributed by atoms with Gasteiger partial charge in [-0.1, -0.05) is 6.07 Å². The number of methoxy groups -OCH3 is 1. The summed E-state index contributed by atoms with van der Waals surface area (Å²) < 4.78 is 15.6. The Morgan fingerprint density at radius 3 is 2.68 bits per heavy atom. The van der Waals surface area contributed by atoms with Crippen molar-refractivity contribution >= 4 is 22.7 Å². The Kier molecular flexibility index (Phi) is 5.03. The molecular formula is C18H18N2O5. The van der Waals surface area contributed by atoms with Crippen LogP contribution in [0.15, 0.2) is 51.7 Å². The second-order valence-corrected chi connectivity index (χ2v) is 5.37. The maximum absolute atomic E-state index is 12.1. The molecule has 2 aromatic carbocycles. The third-order valence-electron chi connectivity index (χ3n) is 3.61. The van der Waals surface area contributed by atoms with Gasteiger partial charge in [0.2, 0.25) is 5.91 Å². The summed E-state index contributed by atoms with van der Waals surface area (Å²) in [4.78, 5) is 25.9. The van der Waals surface area contributed by atoms with Crippen molar-refractivity contribution in [3.8, 4) is 11.5 Å². The molecule has 130 valence electrons. The lowest BCUT2D eigenvalue weighted by Gasteiger charge is -2.08. The van der Waals surface area contributed by atoms with Crippen LogP contribution in [0.1, 0.15) is 12.8 Å². The number of aromatic nitrogens is 1. The average molecular weight is 342 g/mol. The van der Waals surface area contributed by atoms with E-state index in [1.54, 1.807) is 25.3 Å². The maximum atomic E-state index is 12.1. The quantitative estimate of drug-likeness (QED) is 0.644. The van der Waals surface area contributed by atoms with Crippen LogP contribution in [-0.4, -0.2) is 24.6 Å². The lowest BCUT2D eigenvalue weighted by molar-refractivity contribution is -0.116. The number of nitrogens with one attached hydrogen (secondary N) is 2. The molecule has 25 heavy (non-hydrogen) atoms. The van der Waals surface area contributed by atoms with Crippen LogP contribution in [0.25, 0.3) is 11.1 Å². The molecule has 0 spiro atoms. The van der Waals surface area contributed by atoms with Crippen molar-refractivity contribution in [3.63, 3.8) is 0 Å². The van der Waals surface area contributed by atoms with Crippen molar-refractivity contribution in [2.24, 2.45) is 0 Å². The van der Waals surface area contributed by atoms with Crippen LogP contribution in [0.2, 0.25) is 0 Å². The van der Waals surface area contributed by atoms with E-state index in [0.29, 0.717) is 36.2 Å². The number of fused-ring (bicyclic) bond motifs is 1. The van der Waals surface area contributed by atoms with Crippen molar-refractivity contribution in [1.82, 2.24) is 4.98 Å². The van der Waals surface area contributed by atoms with Gasteiger partial charge in [-0.2, -0.15) is 0 Å². The van der Waals surface area contributed by atoms with Crippen molar-refractivity contribution in [2.75, 3.05) is 19.0 Å². The van der Waals surface area contributed by atoms with E-state index in [9.17, 15) is 9.59 Å². The predicted octanol–water partition coefficient (Wildman–Crippen LogP) is 2.93. The molecule has 0 atom stereocenters. The van der Waals surface area contributed by atoms with Gasteiger partial charge in [0.05, 0.1) is 19.4 Å². The molecule has 0 saturated heterocycles. The molecule has 0 radical (unpaired) electrons. The molecule has 0 fully saturated rings. The number of ether oxygens (including phenoxy) is 2. The van der Waals surface area contributed by atoms with Crippen LogP contribution in [0, 0.1) is 0 Å². The Balaban J connectivity index is 1.48. The van der Waals surface area contributed by atoms with Crippen LogP contribution in [0.4, 0.5) is 5.69 Å². The van der Waals surface area contributed by atoms with E-state index in [2.05, 4.69) is 10.3 Å². The Hall–Kier alpha value is -3.22. The zero-order valence-electron chi connectivity index (χ0n) is 13.7. The highest BCUT2D eigenvalue weighted by atomic mass is 16.5. The van der Waals surface area contributed by atoms with Crippen LogP contribution in [-0.2, 0) is 4.79 Å². The lowest BCUT2D eigenvalue weighted by Crippen LogP contribution is -2.13. The number of benzene rings is 2. The lowest BCUT2D eigenvalue weighted by atomic mass is 10.2. The summed E-state index contributed by atoms with van der Waals surface area (Å²) in [6.45, 7) is 0.423. The van der Waals surface area contributed by atoms with Crippen molar-refractivity contribution in [3.05, 3.63) is 53.0 Å². The largest absolute Gasteiger partial charge is 0.497 e. The fourth-order valence-electron chi connectivity index (χ4n) is 2.38. The first-order valence-corrected chi connectivity index (χ1v) is 7.84. The normalized spacial score (nSPS) is 10.6. The number of carbonyl (C=O) groups excluding carboxylic acids is 1. The topological polar surface area (TPSA) is 93.6 Å². The van der Waals surface area contributed by atoms with Crippen molar-refractivity contribution in [2.45, 2.75) is 12.8 Å². The molecule has 2 N–H and O–H groups in total. The molecule has 0 saturated carbocycles. The molecule has 0 aliphatic heterocycles. The number of amides is 1. The minimum absolute atomic E-state index is 0.159. The van der Waals surface area contributed by atoms with E-state index < -0.39 is 5.76 Å². The first-order valence-electron chi connectivity index (χ1n) is 7.84. The first kappa shape index (κ1) is 16.6. The number of aromatic amines is 1. The fraction of sp³-hybridized carbons (Fsp3) is 0.222. The number of para-hydroxylation sites is 1. The SMILES string of the molecule is COc1ccc(OCCCC(=O)Nc2cccc3oc(=O)[nH]c23)cc1. The predicted molar refractivity (Wildman–Crippen MR) is 93.2 cm³/mol. The minimum Gasteiger partial charge on any atom is -0.497 e. The zero-order valence-corrected chi connectivity index (χ0v) is 13.7. The molecule has 7 heteroatoms. The van der Waals surface area contributed by atoms with Gasteiger partial charge in [-0.3, -0.25) is 9.78 Å². The smallest absolute Gasteiger partial charge is 0.417 e. The molecule has 0 bridgehead atoms. The fourth-order valence-corrected chi connectivity index (χ4v) is 2.38. The third-order valence-corrected chi connectivity index (χ3v) is 3.61. The summed E-state index contributed by atoms with van der Waals surface area (Å²) in [5, 5.41) is 2.77. The van der Waals surface area contributed by atoms with Gasteiger partial charge < -0.3 is 19.2 Å². The van der Waals surface area contributed by atoms with Crippen LogP contribution < -0.4 is 20.5 Å². The summed E-state index contributed by atoms with van der Waals surface area (Å²) in [5.41, 5.74) is 1.41. The maximum Gasteiger partial charge on any atom is 0.417 e. The Morgan fingerprint density at radius 2 is 1.92 bits per heavy atom. The minimum atomic E-state index is -0.551. The Labute approximate surface area is 143 Å². The number of hydrogen-bond donors (Lipinski definition) is 2. The van der Waals surface area contributed by atoms with Gasteiger partial charge in [0.25, 0.3) is 0 Å². The molecule has 3 rings (SSSR count). The van der Waals surface area contributed by atoms with Gasteiger partial charge in [-0.15, -0.1) is 0 Å². The summed E-state index contributed by atoms with van der Waals surface area (Å²) in [5.74, 6) is 0.776. The Bertz CT molecular complexity index is 911. The third kappa shape index (κ3) is 4.20. The summed E-state index contributed by atoms with van der Waals surface area (Å²) in [7, 11) is 1.61. The monoisotopic (exact) mass is 342 g/mol. The van der Waals surface area contributed by atoms with Gasteiger partial charge in [0.1, 0.15) is 17.0 Å².